The van der Waals surface area contributed by atoms with E-state index in [0.717, 1.165) is 14.4 Å². The molecule has 5 heteroatoms. The van der Waals surface area contributed by atoms with Gasteiger partial charge in [-0.15, -0.1) is 11.3 Å². The molecule has 2 N–H and O–H groups in total. The predicted molar refractivity (Wildman–Crippen MR) is 76.7 cm³/mol. The summed E-state index contributed by atoms with van der Waals surface area (Å²) in [7, 11) is 0. The molecule has 1 aliphatic heterocycles. The Kier molecular flexibility index (Phi) is 2.97. The smallest absolute Gasteiger partial charge is 0.247 e. The second-order valence-electron chi connectivity index (χ2n) is 4.16. The first-order valence-corrected chi connectivity index (χ1v) is 7.18. The van der Waals surface area contributed by atoms with Gasteiger partial charge in [0, 0.05) is 10.6 Å². The van der Waals surface area contributed by atoms with Gasteiger partial charge in [0.05, 0.1) is 9.83 Å². The van der Waals surface area contributed by atoms with Crippen LogP contribution in [0.1, 0.15) is 10.9 Å². The Balaban J connectivity index is 1.96. The molecular weight excluding hydrogens is 312 g/mol. The van der Waals surface area contributed by atoms with Gasteiger partial charge in [-0.1, -0.05) is 18.2 Å². The van der Waals surface area contributed by atoms with Crippen molar-refractivity contribution >= 4 is 38.9 Å². The Labute approximate surface area is 117 Å². The maximum absolute atomic E-state index is 11.9. The Hall–Kier alpha value is -1.17. The van der Waals surface area contributed by atoms with E-state index in [9.17, 15) is 4.79 Å². The minimum absolute atomic E-state index is 0.0178. The summed E-state index contributed by atoms with van der Waals surface area (Å²) in [5, 5.41) is 0. The lowest BCUT2D eigenvalue weighted by molar-refractivity contribution is -0.126. The lowest BCUT2D eigenvalue weighted by Crippen LogP contribution is -2.63. The zero-order valence-electron chi connectivity index (χ0n) is 9.42. The van der Waals surface area contributed by atoms with Crippen LogP contribution in [0.3, 0.4) is 0 Å². The highest BCUT2D eigenvalue weighted by Gasteiger charge is 2.47. The van der Waals surface area contributed by atoms with Crippen molar-refractivity contribution in [2.24, 2.45) is 5.73 Å². The highest BCUT2D eigenvalue weighted by molar-refractivity contribution is 9.11. The van der Waals surface area contributed by atoms with E-state index in [2.05, 4.69) is 15.9 Å². The molecule has 2 aromatic rings. The van der Waals surface area contributed by atoms with Gasteiger partial charge in [-0.3, -0.25) is 4.79 Å². The first-order valence-electron chi connectivity index (χ1n) is 5.57. The van der Waals surface area contributed by atoms with Crippen LogP contribution in [0.15, 0.2) is 46.3 Å². The van der Waals surface area contributed by atoms with Crippen molar-refractivity contribution < 1.29 is 4.79 Å². The van der Waals surface area contributed by atoms with Crippen molar-refractivity contribution in [2.75, 3.05) is 4.90 Å². The van der Waals surface area contributed by atoms with Crippen molar-refractivity contribution in [3.8, 4) is 0 Å². The Bertz CT molecular complexity index is 584. The molecule has 3 nitrogen and oxygen atoms in total. The number of β-lactam (4-membered cyclic amide) rings is 1. The number of hydrogen-bond acceptors (Lipinski definition) is 3. The van der Waals surface area contributed by atoms with Crippen LogP contribution < -0.4 is 10.6 Å². The van der Waals surface area contributed by atoms with Gasteiger partial charge in [-0.25, -0.2) is 0 Å². The molecule has 1 aromatic heterocycles. The van der Waals surface area contributed by atoms with Crippen LogP contribution in [-0.4, -0.2) is 11.9 Å². The van der Waals surface area contributed by atoms with E-state index in [1.807, 2.05) is 42.5 Å². The molecule has 18 heavy (non-hydrogen) atoms. The van der Waals surface area contributed by atoms with E-state index < -0.39 is 6.04 Å². The molecular formula is C13H11BrN2OS. The third-order valence-electron chi connectivity index (χ3n) is 3.06. The van der Waals surface area contributed by atoms with Gasteiger partial charge in [-0.2, -0.15) is 0 Å². The van der Waals surface area contributed by atoms with Gasteiger partial charge < -0.3 is 10.6 Å². The number of anilines is 1. The van der Waals surface area contributed by atoms with Gasteiger partial charge in [0.25, 0.3) is 0 Å². The minimum atomic E-state index is -0.434. The van der Waals surface area contributed by atoms with Crippen LogP contribution in [0.2, 0.25) is 0 Å². The van der Waals surface area contributed by atoms with Crippen LogP contribution >= 0.6 is 27.3 Å². The molecule has 2 unspecified atom stereocenters. The fourth-order valence-electron chi connectivity index (χ4n) is 2.18. The van der Waals surface area contributed by atoms with Gasteiger partial charge >= 0.3 is 0 Å². The lowest BCUT2D eigenvalue weighted by atomic mass is 9.93. The number of rotatable bonds is 2. The largest absolute Gasteiger partial charge is 0.318 e. The summed E-state index contributed by atoms with van der Waals surface area (Å²) >= 11 is 5.06. The maximum atomic E-state index is 11.9. The Morgan fingerprint density at radius 3 is 2.50 bits per heavy atom. The zero-order chi connectivity index (χ0) is 12.7. The molecule has 0 spiro atoms. The summed E-state index contributed by atoms with van der Waals surface area (Å²) in [6.45, 7) is 0. The van der Waals surface area contributed by atoms with Crippen LogP contribution in [-0.2, 0) is 4.79 Å². The highest BCUT2D eigenvalue weighted by atomic mass is 79.9. The molecule has 1 fully saturated rings. The van der Waals surface area contributed by atoms with Crippen molar-refractivity contribution in [1.29, 1.82) is 0 Å². The average Bonchev–Trinajstić information content (AvgIpc) is 2.81. The number of carbonyl (C=O) groups excluding carboxylic acids is 1. The number of thiophene rings is 1. The third kappa shape index (κ3) is 1.79. The standard InChI is InChI=1S/C13H11BrN2OS/c14-10-7-6-9(18-10)12-11(15)13(17)16(12)8-4-2-1-3-5-8/h1-7,11-12H,15H2. The van der Waals surface area contributed by atoms with E-state index >= 15 is 0 Å². The molecule has 1 saturated heterocycles. The fourth-order valence-corrected chi connectivity index (χ4v) is 3.74. The van der Waals surface area contributed by atoms with Crippen molar-refractivity contribution in [3.63, 3.8) is 0 Å². The zero-order valence-corrected chi connectivity index (χ0v) is 11.8. The molecule has 1 aromatic carbocycles. The highest BCUT2D eigenvalue weighted by Crippen LogP contribution is 2.41. The van der Waals surface area contributed by atoms with Crippen LogP contribution in [0.25, 0.3) is 0 Å². The van der Waals surface area contributed by atoms with E-state index in [-0.39, 0.29) is 11.9 Å². The number of nitrogens with two attached hydrogens (primary N) is 1. The van der Waals surface area contributed by atoms with E-state index in [0.29, 0.717) is 0 Å². The Morgan fingerprint density at radius 1 is 1.17 bits per heavy atom. The number of carbonyl (C=O) groups is 1. The van der Waals surface area contributed by atoms with E-state index in [1.165, 1.54) is 0 Å². The fraction of sp³-hybridized carbons (Fsp3) is 0.154. The van der Waals surface area contributed by atoms with Gasteiger partial charge in [-0.05, 0) is 40.2 Å². The minimum Gasteiger partial charge on any atom is -0.318 e. The molecule has 2 heterocycles. The van der Waals surface area contributed by atoms with Crippen molar-refractivity contribution in [1.82, 2.24) is 0 Å². The maximum Gasteiger partial charge on any atom is 0.247 e. The normalized spacial score (nSPS) is 23.0. The molecule has 2 atom stereocenters. The summed E-state index contributed by atoms with van der Waals surface area (Å²) in [5.41, 5.74) is 6.84. The topological polar surface area (TPSA) is 46.3 Å². The SMILES string of the molecule is NC1C(=O)N(c2ccccc2)C1c1ccc(Br)s1. The number of hydrogen-bond donors (Lipinski definition) is 1. The summed E-state index contributed by atoms with van der Waals surface area (Å²) in [6.07, 6.45) is 0. The lowest BCUT2D eigenvalue weighted by Gasteiger charge is -2.44. The second kappa shape index (κ2) is 4.50. The summed E-state index contributed by atoms with van der Waals surface area (Å²) < 4.78 is 1.05. The predicted octanol–water partition coefficient (Wildman–Crippen LogP) is 2.93. The van der Waals surface area contributed by atoms with Gasteiger partial charge in [0.1, 0.15) is 6.04 Å². The number of halogens is 1. The quantitative estimate of drug-likeness (QED) is 0.864. The number of nitrogens with zero attached hydrogens (tertiary/aromatic N) is 1. The molecule has 3 rings (SSSR count). The molecule has 0 aliphatic carbocycles. The molecule has 0 saturated carbocycles. The van der Waals surface area contributed by atoms with Crippen LogP contribution in [0, 0.1) is 0 Å². The second-order valence-corrected chi connectivity index (χ2v) is 6.65. The Morgan fingerprint density at radius 2 is 1.89 bits per heavy atom. The monoisotopic (exact) mass is 322 g/mol. The van der Waals surface area contributed by atoms with E-state index in [4.69, 9.17) is 5.73 Å². The number of amides is 1. The number of benzene rings is 1. The first kappa shape index (κ1) is 11.9. The van der Waals surface area contributed by atoms with Crippen molar-refractivity contribution in [3.05, 3.63) is 51.1 Å². The van der Waals surface area contributed by atoms with E-state index in [1.54, 1.807) is 16.2 Å². The molecule has 0 bridgehead atoms. The molecule has 1 aliphatic rings. The van der Waals surface area contributed by atoms with Crippen molar-refractivity contribution in [2.45, 2.75) is 12.1 Å². The molecule has 1 amide bonds. The van der Waals surface area contributed by atoms with Crippen LogP contribution in [0.4, 0.5) is 5.69 Å². The number of para-hydroxylation sites is 1. The first-order chi connectivity index (χ1) is 8.68. The van der Waals surface area contributed by atoms with Crippen LogP contribution in [0.5, 0.6) is 0 Å². The summed E-state index contributed by atoms with van der Waals surface area (Å²) in [6, 6.07) is 13.2. The molecule has 92 valence electrons. The summed E-state index contributed by atoms with van der Waals surface area (Å²) in [4.78, 5) is 14.8. The molecule has 0 radical (unpaired) electrons. The van der Waals surface area contributed by atoms with Gasteiger partial charge in [0.15, 0.2) is 0 Å². The third-order valence-corrected chi connectivity index (χ3v) is 4.76. The summed E-state index contributed by atoms with van der Waals surface area (Å²) in [5.74, 6) is -0.0178. The average molecular weight is 323 g/mol. The van der Waals surface area contributed by atoms with Gasteiger partial charge in [0.2, 0.25) is 5.91 Å².